The van der Waals surface area contributed by atoms with Crippen LogP contribution in [0.4, 0.5) is 10.5 Å². The summed E-state index contributed by atoms with van der Waals surface area (Å²) >= 11 is 0. The summed E-state index contributed by atoms with van der Waals surface area (Å²) in [5.74, 6) is -0.446. The first-order chi connectivity index (χ1) is 9.04. The molecule has 2 amide bonds. The number of nitrogens with one attached hydrogen (secondary N) is 2. The van der Waals surface area contributed by atoms with Crippen molar-refractivity contribution in [3.63, 3.8) is 0 Å². The molecule has 102 valence electrons. The van der Waals surface area contributed by atoms with Crippen LogP contribution in [0.5, 0.6) is 0 Å². The van der Waals surface area contributed by atoms with Crippen LogP contribution in [-0.2, 0) is 9.53 Å². The van der Waals surface area contributed by atoms with Gasteiger partial charge in [0.1, 0.15) is 0 Å². The van der Waals surface area contributed by atoms with Crippen LogP contribution in [0.1, 0.15) is 19.4 Å². The number of benzene rings is 1. The molecule has 0 aliphatic carbocycles. The van der Waals surface area contributed by atoms with Crippen molar-refractivity contribution in [2.24, 2.45) is 0 Å². The molecule has 0 aliphatic heterocycles. The predicted molar refractivity (Wildman–Crippen MR) is 73.7 cm³/mol. The molecule has 5 heteroatoms. The van der Waals surface area contributed by atoms with Crippen molar-refractivity contribution >= 4 is 17.7 Å². The Labute approximate surface area is 112 Å². The summed E-state index contributed by atoms with van der Waals surface area (Å²) in [4.78, 5) is 22.9. The molecule has 0 heterocycles. The van der Waals surface area contributed by atoms with Gasteiger partial charge < -0.3 is 15.4 Å². The second-order valence-electron chi connectivity index (χ2n) is 3.96. The van der Waals surface area contributed by atoms with Crippen LogP contribution < -0.4 is 10.6 Å². The number of ether oxygens (including phenoxy) is 1. The molecule has 0 spiro atoms. The maximum Gasteiger partial charge on any atom is 0.335 e. The first kappa shape index (κ1) is 14.8. The van der Waals surface area contributed by atoms with Crippen LogP contribution in [-0.4, -0.2) is 18.6 Å². The van der Waals surface area contributed by atoms with Gasteiger partial charge in [0.15, 0.2) is 0 Å². The van der Waals surface area contributed by atoms with Gasteiger partial charge in [-0.1, -0.05) is 18.2 Å². The van der Waals surface area contributed by atoms with Crippen molar-refractivity contribution in [1.82, 2.24) is 5.32 Å². The summed E-state index contributed by atoms with van der Waals surface area (Å²) in [6.45, 7) is 5.50. The minimum atomic E-state index is -0.446. The molecule has 0 aromatic heterocycles. The van der Waals surface area contributed by atoms with E-state index in [4.69, 9.17) is 4.74 Å². The summed E-state index contributed by atoms with van der Waals surface area (Å²) in [5, 5.41) is 5.17. The molecule has 0 bridgehead atoms. The quantitative estimate of drug-likeness (QED) is 0.647. The molecule has 0 fully saturated rings. The second kappa shape index (κ2) is 7.20. The lowest BCUT2D eigenvalue weighted by atomic mass is 10.2. The van der Waals surface area contributed by atoms with Crippen LogP contribution in [0.2, 0.25) is 0 Å². The van der Waals surface area contributed by atoms with Gasteiger partial charge in [0.05, 0.1) is 12.2 Å². The highest BCUT2D eigenvalue weighted by atomic mass is 16.5. The van der Waals surface area contributed by atoms with Gasteiger partial charge in [-0.3, -0.25) is 0 Å². The zero-order valence-corrected chi connectivity index (χ0v) is 11.3. The number of hydrogen-bond acceptors (Lipinski definition) is 3. The van der Waals surface area contributed by atoms with E-state index in [0.717, 1.165) is 11.3 Å². The number of esters is 1. The fourth-order valence-electron chi connectivity index (χ4n) is 1.35. The van der Waals surface area contributed by atoms with Crippen LogP contribution in [0.15, 0.2) is 36.0 Å². The third-order valence-corrected chi connectivity index (χ3v) is 2.41. The maximum absolute atomic E-state index is 11.6. The first-order valence-corrected chi connectivity index (χ1v) is 6.01. The van der Waals surface area contributed by atoms with Gasteiger partial charge in [-0.15, -0.1) is 0 Å². The molecule has 0 aliphatic rings. The highest BCUT2D eigenvalue weighted by molar-refractivity contribution is 5.92. The van der Waals surface area contributed by atoms with E-state index >= 15 is 0 Å². The Kier molecular flexibility index (Phi) is 5.60. The van der Waals surface area contributed by atoms with Crippen LogP contribution in [0.3, 0.4) is 0 Å². The molecular weight excluding hydrogens is 244 g/mol. The molecule has 1 rings (SSSR count). The maximum atomic E-state index is 11.6. The summed E-state index contributed by atoms with van der Waals surface area (Å²) in [6.07, 6.45) is 1.33. The van der Waals surface area contributed by atoms with Crippen molar-refractivity contribution in [3.8, 4) is 0 Å². The van der Waals surface area contributed by atoms with Crippen molar-refractivity contribution < 1.29 is 14.3 Å². The summed E-state index contributed by atoms with van der Waals surface area (Å²) in [7, 11) is 0. The van der Waals surface area contributed by atoms with E-state index < -0.39 is 12.0 Å². The molecule has 19 heavy (non-hydrogen) atoms. The van der Waals surface area contributed by atoms with Crippen molar-refractivity contribution in [2.75, 3.05) is 11.9 Å². The Morgan fingerprint density at radius 2 is 2.00 bits per heavy atom. The van der Waals surface area contributed by atoms with Gasteiger partial charge in [-0.2, -0.15) is 0 Å². The van der Waals surface area contributed by atoms with Gasteiger partial charge in [0, 0.05) is 11.9 Å². The molecule has 2 N–H and O–H groups in total. The van der Waals surface area contributed by atoms with E-state index in [0.29, 0.717) is 12.2 Å². The molecule has 0 unspecified atom stereocenters. The Morgan fingerprint density at radius 1 is 1.32 bits per heavy atom. The topological polar surface area (TPSA) is 67.4 Å². The molecule has 1 aromatic carbocycles. The van der Waals surface area contributed by atoms with Crippen LogP contribution in [0, 0.1) is 6.92 Å². The monoisotopic (exact) mass is 262 g/mol. The van der Waals surface area contributed by atoms with Gasteiger partial charge in [-0.05, 0) is 32.4 Å². The molecule has 0 saturated heterocycles. The van der Waals surface area contributed by atoms with E-state index in [1.54, 1.807) is 19.9 Å². The minimum absolute atomic E-state index is 0.305. The zero-order valence-electron chi connectivity index (χ0n) is 11.3. The molecule has 5 nitrogen and oxygen atoms in total. The molecule has 0 saturated carbocycles. The third-order valence-electron chi connectivity index (χ3n) is 2.41. The summed E-state index contributed by atoms with van der Waals surface area (Å²) < 4.78 is 4.79. The SMILES string of the molecule is CCOC(=O)C(C)=CNC(=O)Nc1ccccc1C. The highest BCUT2D eigenvalue weighted by Gasteiger charge is 2.06. The minimum Gasteiger partial charge on any atom is -0.463 e. The lowest BCUT2D eigenvalue weighted by Crippen LogP contribution is -2.25. The smallest absolute Gasteiger partial charge is 0.335 e. The second-order valence-corrected chi connectivity index (χ2v) is 3.96. The van der Waals surface area contributed by atoms with E-state index in [1.807, 2.05) is 25.1 Å². The van der Waals surface area contributed by atoms with E-state index in [1.165, 1.54) is 6.20 Å². The Bertz CT molecular complexity index is 495. The van der Waals surface area contributed by atoms with Crippen molar-refractivity contribution in [3.05, 3.63) is 41.6 Å². The van der Waals surface area contributed by atoms with Crippen LogP contribution in [0.25, 0.3) is 0 Å². The molecule has 0 radical (unpaired) electrons. The number of carbonyl (C=O) groups excluding carboxylic acids is 2. The van der Waals surface area contributed by atoms with E-state index in [9.17, 15) is 9.59 Å². The molecular formula is C14H18N2O3. The van der Waals surface area contributed by atoms with E-state index in [2.05, 4.69) is 10.6 Å². The van der Waals surface area contributed by atoms with Crippen LogP contribution >= 0.6 is 0 Å². The average molecular weight is 262 g/mol. The first-order valence-electron chi connectivity index (χ1n) is 6.01. The largest absolute Gasteiger partial charge is 0.463 e. The molecule has 0 atom stereocenters. The van der Waals surface area contributed by atoms with Gasteiger partial charge in [-0.25, -0.2) is 9.59 Å². The van der Waals surface area contributed by atoms with Crippen molar-refractivity contribution in [2.45, 2.75) is 20.8 Å². The average Bonchev–Trinajstić information content (AvgIpc) is 2.39. The summed E-state index contributed by atoms with van der Waals surface area (Å²) in [6, 6.07) is 7.02. The predicted octanol–water partition coefficient (Wildman–Crippen LogP) is 2.58. The number of carbonyl (C=O) groups is 2. The number of para-hydroxylation sites is 1. The molecule has 1 aromatic rings. The Hall–Kier alpha value is -2.30. The number of anilines is 1. The van der Waals surface area contributed by atoms with Gasteiger partial charge in [0.2, 0.25) is 0 Å². The number of aryl methyl sites for hydroxylation is 1. The lowest BCUT2D eigenvalue weighted by molar-refractivity contribution is -0.138. The number of amides is 2. The van der Waals surface area contributed by atoms with Gasteiger partial charge in [0.25, 0.3) is 0 Å². The zero-order chi connectivity index (χ0) is 14.3. The number of urea groups is 1. The highest BCUT2D eigenvalue weighted by Crippen LogP contribution is 2.12. The third kappa shape index (κ3) is 4.83. The number of rotatable bonds is 4. The standard InChI is InChI=1S/C14H18N2O3/c1-4-19-13(17)11(3)9-15-14(18)16-12-8-6-5-7-10(12)2/h5-9H,4H2,1-3H3,(H2,15,16,18). The normalized spacial score (nSPS) is 10.8. The lowest BCUT2D eigenvalue weighted by Gasteiger charge is -2.08. The fraction of sp³-hybridized carbons (Fsp3) is 0.286. The van der Waals surface area contributed by atoms with E-state index in [-0.39, 0.29) is 0 Å². The fourth-order valence-corrected chi connectivity index (χ4v) is 1.35. The van der Waals surface area contributed by atoms with Crippen molar-refractivity contribution in [1.29, 1.82) is 0 Å². The number of hydrogen-bond donors (Lipinski definition) is 2. The Balaban J connectivity index is 2.55. The van der Waals surface area contributed by atoms with Gasteiger partial charge >= 0.3 is 12.0 Å². The summed E-state index contributed by atoms with van der Waals surface area (Å²) in [5.41, 5.74) is 2.02. The Morgan fingerprint density at radius 3 is 2.63 bits per heavy atom.